The van der Waals surface area contributed by atoms with Crippen LogP contribution in [-0.4, -0.2) is 28.7 Å². The predicted molar refractivity (Wildman–Crippen MR) is 72.5 cm³/mol. The summed E-state index contributed by atoms with van der Waals surface area (Å²) in [6.45, 7) is 1.39. The number of aliphatic hydroxyl groups excluding tert-OH is 1. The van der Waals surface area contributed by atoms with Gasteiger partial charge in [-0.15, -0.1) is 0 Å². The first-order valence-corrected chi connectivity index (χ1v) is 7.57. The van der Waals surface area contributed by atoms with Gasteiger partial charge >= 0.3 is 0 Å². The SMILES string of the molecule is CC(NS(=O)(=O)c1ccc(CO)c(Cl)c1)c1ncn[nH]1. The molecule has 0 bridgehead atoms. The Hall–Kier alpha value is -1.48. The number of sulfonamides is 1. The van der Waals surface area contributed by atoms with E-state index in [1.165, 1.54) is 24.5 Å². The molecule has 9 heteroatoms. The van der Waals surface area contributed by atoms with E-state index < -0.39 is 16.1 Å². The molecule has 0 saturated heterocycles. The van der Waals surface area contributed by atoms with E-state index in [2.05, 4.69) is 19.9 Å². The number of aromatic nitrogens is 3. The minimum absolute atomic E-state index is 0.0195. The third kappa shape index (κ3) is 3.15. The molecule has 7 nitrogen and oxygen atoms in total. The predicted octanol–water partition coefficient (Wildman–Crippen LogP) is 0.990. The zero-order valence-electron chi connectivity index (χ0n) is 10.5. The van der Waals surface area contributed by atoms with E-state index in [-0.39, 0.29) is 16.5 Å². The number of H-pyrrole nitrogens is 1. The Morgan fingerprint density at radius 3 is 2.80 bits per heavy atom. The Labute approximate surface area is 121 Å². The fraction of sp³-hybridized carbons (Fsp3) is 0.273. The number of hydrogen-bond donors (Lipinski definition) is 3. The minimum Gasteiger partial charge on any atom is -0.392 e. The van der Waals surface area contributed by atoms with Crippen LogP contribution in [0.4, 0.5) is 0 Å². The van der Waals surface area contributed by atoms with Crippen molar-refractivity contribution in [3.8, 4) is 0 Å². The molecular weight excluding hydrogens is 304 g/mol. The number of hydrogen-bond acceptors (Lipinski definition) is 5. The molecule has 1 aromatic carbocycles. The van der Waals surface area contributed by atoms with Crippen LogP contribution in [0.5, 0.6) is 0 Å². The van der Waals surface area contributed by atoms with E-state index in [0.29, 0.717) is 11.4 Å². The van der Waals surface area contributed by atoms with Gasteiger partial charge in [-0.3, -0.25) is 5.10 Å². The van der Waals surface area contributed by atoms with Crippen LogP contribution >= 0.6 is 11.6 Å². The number of aliphatic hydroxyl groups is 1. The Bertz CT molecular complexity index is 688. The quantitative estimate of drug-likeness (QED) is 0.762. The Morgan fingerprint density at radius 1 is 1.50 bits per heavy atom. The van der Waals surface area contributed by atoms with E-state index in [9.17, 15) is 8.42 Å². The smallest absolute Gasteiger partial charge is 0.241 e. The zero-order chi connectivity index (χ0) is 14.8. The molecule has 0 aliphatic carbocycles. The van der Waals surface area contributed by atoms with Crippen LogP contribution in [0.25, 0.3) is 0 Å². The van der Waals surface area contributed by atoms with Crippen molar-refractivity contribution in [1.82, 2.24) is 19.9 Å². The minimum atomic E-state index is -3.74. The summed E-state index contributed by atoms with van der Waals surface area (Å²) >= 11 is 5.89. The molecule has 0 fully saturated rings. The highest BCUT2D eigenvalue weighted by Gasteiger charge is 2.20. The lowest BCUT2D eigenvalue weighted by atomic mass is 10.2. The second kappa shape index (κ2) is 5.88. The van der Waals surface area contributed by atoms with Gasteiger partial charge in [-0.2, -0.15) is 5.10 Å². The summed E-state index contributed by atoms with van der Waals surface area (Å²) in [7, 11) is -3.74. The molecule has 20 heavy (non-hydrogen) atoms. The molecule has 1 atom stereocenters. The summed E-state index contributed by atoms with van der Waals surface area (Å²) < 4.78 is 26.8. The van der Waals surface area contributed by atoms with Crippen molar-refractivity contribution in [3.63, 3.8) is 0 Å². The summed E-state index contributed by atoms with van der Waals surface area (Å²) in [4.78, 5) is 3.91. The average molecular weight is 317 g/mol. The summed E-state index contributed by atoms with van der Waals surface area (Å²) in [5.41, 5.74) is 0.467. The lowest BCUT2D eigenvalue weighted by Crippen LogP contribution is -2.27. The number of nitrogens with zero attached hydrogens (tertiary/aromatic N) is 2. The zero-order valence-corrected chi connectivity index (χ0v) is 12.1. The van der Waals surface area contributed by atoms with Crippen molar-refractivity contribution in [2.75, 3.05) is 0 Å². The number of aromatic amines is 1. The lowest BCUT2D eigenvalue weighted by molar-refractivity contribution is 0.282. The molecular formula is C11H13ClN4O3S. The van der Waals surface area contributed by atoms with Gasteiger partial charge in [0, 0.05) is 5.02 Å². The van der Waals surface area contributed by atoms with Crippen LogP contribution in [-0.2, 0) is 16.6 Å². The number of halogens is 1. The highest BCUT2D eigenvalue weighted by Crippen LogP contribution is 2.22. The average Bonchev–Trinajstić information content (AvgIpc) is 2.92. The molecule has 0 saturated carbocycles. The van der Waals surface area contributed by atoms with Gasteiger partial charge in [0.15, 0.2) is 0 Å². The van der Waals surface area contributed by atoms with Gasteiger partial charge in [0.25, 0.3) is 0 Å². The molecule has 0 aliphatic rings. The van der Waals surface area contributed by atoms with Gasteiger partial charge < -0.3 is 5.11 Å². The Kier molecular flexibility index (Phi) is 4.39. The standard InChI is InChI=1S/C11H13ClN4O3S/c1-7(11-13-6-14-15-11)16-20(18,19)9-3-2-8(5-17)10(12)4-9/h2-4,6-7,16-17H,5H2,1H3,(H,13,14,15). The van der Waals surface area contributed by atoms with Gasteiger partial charge in [0.05, 0.1) is 17.5 Å². The van der Waals surface area contributed by atoms with E-state index in [1.54, 1.807) is 6.92 Å². The van der Waals surface area contributed by atoms with Crippen LogP contribution in [0.2, 0.25) is 5.02 Å². The highest BCUT2D eigenvalue weighted by molar-refractivity contribution is 7.89. The van der Waals surface area contributed by atoms with Crippen LogP contribution in [0.3, 0.4) is 0 Å². The highest BCUT2D eigenvalue weighted by atomic mass is 35.5. The maximum absolute atomic E-state index is 12.2. The van der Waals surface area contributed by atoms with Crippen molar-refractivity contribution in [2.24, 2.45) is 0 Å². The number of nitrogens with one attached hydrogen (secondary N) is 2. The van der Waals surface area contributed by atoms with Crippen molar-refractivity contribution >= 4 is 21.6 Å². The van der Waals surface area contributed by atoms with E-state index in [1.807, 2.05) is 0 Å². The number of benzene rings is 1. The summed E-state index contributed by atoms with van der Waals surface area (Å²) in [5.74, 6) is 0.409. The topological polar surface area (TPSA) is 108 Å². The van der Waals surface area contributed by atoms with E-state index in [0.717, 1.165) is 0 Å². The second-order valence-corrected chi connectivity index (χ2v) is 6.25. The number of rotatable bonds is 5. The Balaban J connectivity index is 2.24. The molecule has 0 spiro atoms. The molecule has 1 aromatic heterocycles. The molecule has 2 rings (SSSR count). The maximum atomic E-state index is 12.2. The first-order valence-electron chi connectivity index (χ1n) is 5.71. The van der Waals surface area contributed by atoms with Crippen molar-refractivity contribution < 1.29 is 13.5 Å². The van der Waals surface area contributed by atoms with Gasteiger partial charge in [-0.1, -0.05) is 17.7 Å². The third-order valence-corrected chi connectivity index (χ3v) is 4.57. The van der Waals surface area contributed by atoms with Crippen molar-refractivity contribution in [2.45, 2.75) is 24.5 Å². The molecule has 0 radical (unpaired) electrons. The van der Waals surface area contributed by atoms with Crippen LogP contribution in [0.15, 0.2) is 29.4 Å². The molecule has 108 valence electrons. The fourth-order valence-electron chi connectivity index (χ4n) is 1.60. The lowest BCUT2D eigenvalue weighted by Gasteiger charge is -2.12. The van der Waals surface area contributed by atoms with Crippen LogP contribution in [0, 0.1) is 0 Å². The summed E-state index contributed by atoms with van der Waals surface area (Å²) in [5, 5.41) is 15.5. The van der Waals surface area contributed by atoms with Crippen molar-refractivity contribution in [1.29, 1.82) is 0 Å². The third-order valence-electron chi connectivity index (χ3n) is 2.68. The molecule has 0 aliphatic heterocycles. The van der Waals surface area contributed by atoms with Gasteiger partial charge in [0.1, 0.15) is 12.2 Å². The first kappa shape index (κ1) is 14.9. The first-order chi connectivity index (χ1) is 9.44. The van der Waals surface area contributed by atoms with Gasteiger partial charge in [-0.05, 0) is 24.6 Å². The second-order valence-electron chi connectivity index (χ2n) is 4.13. The van der Waals surface area contributed by atoms with E-state index in [4.69, 9.17) is 16.7 Å². The van der Waals surface area contributed by atoms with Crippen LogP contribution < -0.4 is 4.72 Å². The monoisotopic (exact) mass is 316 g/mol. The summed E-state index contributed by atoms with van der Waals surface area (Å²) in [6, 6.07) is 3.59. The van der Waals surface area contributed by atoms with E-state index >= 15 is 0 Å². The molecule has 1 heterocycles. The molecule has 0 amide bonds. The largest absolute Gasteiger partial charge is 0.392 e. The Morgan fingerprint density at radius 2 is 2.25 bits per heavy atom. The molecule has 3 N–H and O–H groups in total. The summed E-state index contributed by atoms with van der Waals surface area (Å²) in [6.07, 6.45) is 1.30. The van der Waals surface area contributed by atoms with Crippen molar-refractivity contribution in [3.05, 3.63) is 40.9 Å². The van der Waals surface area contributed by atoms with Gasteiger partial charge in [-0.25, -0.2) is 18.1 Å². The maximum Gasteiger partial charge on any atom is 0.241 e. The fourth-order valence-corrected chi connectivity index (χ4v) is 3.14. The molecule has 1 unspecified atom stereocenters. The normalized spacial score (nSPS) is 13.3. The van der Waals surface area contributed by atoms with Crippen LogP contribution in [0.1, 0.15) is 24.4 Å². The molecule has 2 aromatic rings. The van der Waals surface area contributed by atoms with Gasteiger partial charge in [0.2, 0.25) is 10.0 Å².